The van der Waals surface area contributed by atoms with Crippen molar-refractivity contribution in [3.05, 3.63) is 71.5 Å². The van der Waals surface area contributed by atoms with Gasteiger partial charge in [-0.2, -0.15) is 0 Å². The van der Waals surface area contributed by atoms with E-state index in [1.54, 1.807) is 58.0 Å². The number of rotatable bonds is 8. The number of allylic oxidation sites excluding steroid dienone is 4. The Bertz CT molecular complexity index is 682. The number of benzene rings is 1. The number of ether oxygens (including phenoxy) is 2. The van der Waals surface area contributed by atoms with Crippen molar-refractivity contribution < 1.29 is 19.1 Å². The van der Waals surface area contributed by atoms with Crippen molar-refractivity contribution >= 4 is 23.4 Å². The van der Waals surface area contributed by atoms with Gasteiger partial charge in [-0.1, -0.05) is 24.3 Å². The highest BCUT2D eigenvalue weighted by Crippen LogP contribution is 2.18. The van der Waals surface area contributed by atoms with Gasteiger partial charge in [-0.25, -0.2) is 4.79 Å². The number of halogens is 1. The molecule has 0 unspecified atom stereocenters. The minimum absolute atomic E-state index is 0.171. The van der Waals surface area contributed by atoms with E-state index in [0.717, 1.165) is 0 Å². The molecule has 1 aromatic rings. The van der Waals surface area contributed by atoms with Gasteiger partial charge in [-0.05, 0) is 70.2 Å². The Balaban J connectivity index is 2.78. The van der Waals surface area contributed by atoms with Gasteiger partial charge in [-0.3, -0.25) is 4.79 Å². The SMILES string of the molecule is C=C/C(=C\C=C\C(=O)c1ccc(Cl)cc1)OC(C)(C)C(=O)OC(C)C. The second-order valence-electron chi connectivity index (χ2n) is 6.07. The highest BCUT2D eigenvalue weighted by molar-refractivity contribution is 6.30. The summed E-state index contributed by atoms with van der Waals surface area (Å²) in [6.45, 7) is 10.4. The summed E-state index contributed by atoms with van der Waals surface area (Å²) in [4.78, 5) is 24.1. The first-order valence-corrected chi connectivity index (χ1v) is 8.24. The lowest BCUT2D eigenvalue weighted by atomic mass is 10.1. The Morgan fingerprint density at radius 2 is 1.80 bits per heavy atom. The van der Waals surface area contributed by atoms with E-state index in [0.29, 0.717) is 16.3 Å². The van der Waals surface area contributed by atoms with Gasteiger partial charge in [0.2, 0.25) is 0 Å². The first-order chi connectivity index (χ1) is 11.7. The van der Waals surface area contributed by atoms with Crippen LogP contribution in [0.15, 0.2) is 60.9 Å². The molecule has 0 bridgehead atoms. The number of hydrogen-bond acceptors (Lipinski definition) is 4. The van der Waals surface area contributed by atoms with E-state index < -0.39 is 11.6 Å². The van der Waals surface area contributed by atoms with Gasteiger partial charge in [0.1, 0.15) is 5.76 Å². The molecule has 0 saturated heterocycles. The summed E-state index contributed by atoms with van der Waals surface area (Å²) in [6, 6.07) is 6.60. The molecule has 0 amide bonds. The zero-order valence-corrected chi connectivity index (χ0v) is 15.7. The van der Waals surface area contributed by atoms with Crippen molar-refractivity contribution in [3.8, 4) is 0 Å². The van der Waals surface area contributed by atoms with Gasteiger partial charge in [0.05, 0.1) is 6.10 Å². The molecule has 0 radical (unpaired) electrons. The first-order valence-electron chi connectivity index (χ1n) is 7.86. The van der Waals surface area contributed by atoms with Crippen LogP contribution in [0.25, 0.3) is 0 Å². The number of ketones is 1. The number of carbonyl (C=O) groups excluding carboxylic acids is 2. The fourth-order valence-electron chi connectivity index (χ4n) is 1.78. The van der Waals surface area contributed by atoms with Crippen LogP contribution in [0.2, 0.25) is 5.02 Å². The summed E-state index contributed by atoms with van der Waals surface area (Å²) >= 11 is 5.80. The molecule has 0 spiro atoms. The molecule has 0 aliphatic carbocycles. The van der Waals surface area contributed by atoms with E-state index in [1.165, 1.54) is 18.2 Å². The monoisotopic (exact) mass is 362 g/mol. The van der Waals surface area contributed by atoms with Crippen molar-refractivity contribution in [1.82, 2.24) is 0 Å². The Hall–Kier alpha value is -2.33. The fraction of sp³-hybridized carbons (Fsp3) is 0.300. The molecule has 0 saturated carbocycles. The van der Waals surface area contributed by atoms with Crippen LogP contribution in [0.1, 0.15) is 38.1 Å². The van der Waals surface area contributed by atoms with Gasteiger partial charge >= 0.3 is 5.97 Å². The van der Waals surface area contributed by atoms with E-state index in [-0.39, 0.29) is 11.9 Å². The van der Waals surface area contributed by atoms with E-state index in [9.17, 15) is 9.59 Å². The average molecular weight is 363 g/mol. The number of hydrogen-bond donors (Lipinski definition) is 0. The Kier molecular flexibility index (Phi) is 7.65. The minimum atomic E-state index is -1.17. The van der Waals surface area contributed by atoms with Crippen LogP contribution < -0.4 is 0 Å². The predicted molar refractivity (Wildman–Crippen MR) is 99.6 cm³/mol. The lowest BCUT2D eigenvalue weighted by molar-refractivity contribution is -0.167. The molecule has 0 fully saturated rings. The Labute approximate surface area is 153 Å². The molecule has 25 heavy (non-hydrogen) atoms. The lowest BCUT2D eigenvalue weighted by Crippen LogP contribution is -2.37. The van der Waals surface area contributed by atoms with E-state index in [4.69, 9.17) is 21.1 Å². The van der Waals surface area contributed by atoms with Crippen molar-refractivity contribution in [1.29, 1.82) is 0 Å². The van der Waals surface area contributed by atoms with Gasteiger partial charge in [0, 0.05) is 10.6 Å². The average Bonchev–Trinajstić information content (AvgIpc) is 2.53. The molecule has 0 heterocycles. The van der Waals surface area contributed by atoms with Crippen LogP contribution in [-0.4, -0.2) is 23.5 Å². The smallest absolute Gasteiger partial charge is 0.350 e. The van der Waals surface area contributed by atoms with E-state index in [2.05, 4.69) is 6.58 Å². The van der Waals surface area contributed by atoms with Gasteiger partial charge in [0.15, 0.2) is 11.4 Å². The highest BCUT2D eigenvalue weighted by atomic mass is 35.5. The third-order valence-corrected chi connectivity index (χ3v) is 3.30. The second kappa shape index (κ2) is 9.23. The molecule has 1 aromatic carbocycles. The van der Waals surface area contributed by atoms with Crippen LogP contribution in [-0.2, 0) is 14.3 Å². The third-order valence-electron chi connectivity index (χ3n) is 3.05. The summed E-state index contributed by atoms with van der Waals surface area (Å²) < 4.78 is 10.8. The van der Waals surface area contributed by atoms with Crippen molar-refractivity contribution in [2.45, 2.75) is 39.4 Å². The van der Waals surface area contributed by atoms with Crippen molar-refractivity contribution in [3.63, 3.8) is 0 Å². The first kappa shape index (κ1) is 20.7. The van der Waals surface area contributed by atoms with Crippen LogP contribution in [0.3, 0.4) is 0 Å². The van der Waals surface area contributed by atoms with Crippen molar-refractivity contribution in [2.24, 2.45) is 0 Å². The molecule has 1 rings (SSSR count). The van der Waals surface area contributed by atoms with Crippen LogP contribution >= 0.6 is 11.6 Å². The standard InChI is InChI=1S/C20H23ClO4/c1-6-17(25-20(4,5)19(23)24-14(2)3)8-7-9-18(22)15-10-12-16(21)13-11-15/h6-14H,1H2,2-5H3/b9-7+,17-8+. The Morgan fingerprint density at radius 1 is 1.20 bits per heavy atom. The molecule has 0 aliphatic heterocycles. The lowest BCUT2D eigenvalue weighted by Gasteiger charge is -2.25. The maximum atomic E-state index is 12.0. The zero-order chi connectivity index (χ0) is 19.0. The summed E-state index contributed by atoms with van der Waals surface area (Å²) in [7, 11) is 0. The summed E-state index contributed by atoms with van der Waals surface area (Å²) in [5, 5.41) is 0.568. The number of esters is 1. The molecule has 134 valence electrons. The van der Waals surface area contributed by atoms with Crippen molar-refractivity contribution in [2.75, 3.05) is 0 Å². The fourth-order valence-corrected chi connectivity index (χ4v) is 1.90. The van der Waals surface area contributed by atoms with Crippen LogP contribution in [0.5, 0.6) is 0 Å². The summed E-state index contributed by atoms with van der Waals surface area (Å²) in [5.74, 6) is -0.294. The summed E-state index contributed by atoms with van der Waals surface area (Å²) in [5.41, 5.74) is -0.644. The zero-order valence-electron chi connectivity index (χ0n) is 14.9. The van der Waals surface area contributed by atoms with E-state index >= 15 is 0 Å². The summed E-state index contributed by atoms with van der Waals surface area (Å²) in [6.07, 6.45) is 5.73. The normalized spacial score (nSPS) is 12.3. The molecular formula is C20H23ClO4. The predicted octanol–water partition coefficient (Wildman–Crippen LogP) is 4.90. The Morgan fingerprint density at radius 3 is 2.32 bits per heavy atom. The molecule has 0 aliphatic rings. The minimum Gasteiger partial charge on any atom is -0.476 e. The van der Waals surface area contributed by atoms with Gasteiger partial charge < -0.3 is 9.47 Å². The quantitative estimate of drug-likeness (QED) is 0.217. The van der Waals surface area contributed by atoms with Gasteiger partial charge in [-0.15, -0.1) is 0 Å². The molecule has 0 atom stereocenters. The van der Waals surface area contributed by atoms with E-state index in [1.807, 2.05) is 0 Å². The maximum Gasteiger partial charge on any atom is 0.350 e. The van der Waals surface area contributed by atoms with Gasteiger partial charge in [0.25, 0.3) is 0 Å². The topological polar surface area (TPSA) is 52.6 Å². The highest BCUT2D eigenvalue weighted by Gasteiger charge is 2.32. The molecular weight excluding hydrogens is 340 g/mol. The molecule has 0 N–H and O–H groups in total. The van der Waals surface area contributed by atoms with Crippen LogP contribution in [0, 0.1) is 0 Å². The molecule has 0 aromatic heterocycles. The third kappa shape index (κ3) is 6.98. The molecule has 4 nitrogen and oxygen atoms in total. The largest absolute Gasteiger partial charge is 0.476 e. The second-order valence-corrected chi connectivity index (χ2v) is 6.51. The number of carbonyl (C=O) groups is 2. The molecule has 5 heteroatoms. The van der Waals surface area contributed by atoms with Crippen LogP contribution in [0.4, 0.5) is 0 Å². The maximum absolute atomic E-state index is 12.0.